The first kappa shape index (κ1) is 24.8. The van der Waals surface area contributed by atoms with Crippen molar-refractivity contribution in [2.45, 2.75) is 12.5 Å². The van der Waals surface area contributed by atoms with Gasteiger partial charge in [0.15, 0.2) is 0 Å². The number of rotatable bonds is 5. The fraction of sp³-hybridized carbons (Fsp3) is 0.556. The van der Waals surface area contributed by atoms with Crippen LogP contribution in [0.25, 0.3) is 0 Å². The fourth-order valence-electron chi connectivity index (χ4n) is 3.11. The van der Waals surface area contributed by atoms with Crippen molar-refractivity contribution in [1.29, 1.82) is 0 Å². The molecule has 2 saturated heterocycles. The summed E-state index contributed by atoms with van der Waals surface area (Å²) in [5.41, 5.74) is 1.79. The zero-order chi connectivity index (χ0) is 18.4. The van der Waals surface area contributed by atoms with E-state index in [9.17, 15) is 9.59 Å². The highest BCUT2D eigenvalue weighted by Gasteiger charge is 2.21. The predicted octanol–water partition coefficient (Wildman–Crippen LogP) is 2.19. The summed E-state index contributed by atoms with van der Waals surface area (Å²) in [6.45, 7) is 3.80. The summed E-state index contributed by atoms with van der Waals surface area (Å²) in [5, 5.41) is 6.22. The molecule has 0 radical (unpaired) electrons. The molecule has 3 rings (SSSR count). The number of hydrogen-bond acceptors (Lipinski definition) is 7. The lowest BCUT2D eigenvalue weighted by Gasteiger charge is -2.29. The van der Waals surface area contributed by atoms with Crippen LogP contribution in [0.5, 0.6) is 0 Å². The highest BCUT2D eigenvalue weighted by Crippen LogP contribution is 2.25. The van der Waals surface area contributed by atoms with E-state index in [1.807, 2.05) is 17.8 Å². The van der Waals surface area contributed by atoms with Gasteiger partial charge in [-0.05, 0) is 18.2 Å². The molecule has 2 heterocycles. The molecular formula is C18H27Cl2N3O4S. The lowest BCUT2D eigenvalue weighted by molar-refractivity contribution is -0.116. The first-order valence-corrected chi connectivity index (χ1v) is 9.99. The van der Waals surface area contributed by atoms with Crippen LogP contribution in [0.1, 0.15) is 16.8 Å². The molecule has 1 unspecified atom stereocenters. The molecule has 2 fully saturated rings. The van der Waals surface area contributed by atoms with Gasteiger partial charge in [0.2, 0.25) is 5.91 Å². The highest BCUT2D eigenvalue weighted by molar-refractivity contribution is 7.99. The summed E-state index contributed by atoms with van der Waals surface area (Å²) in [5.74, 6) is 1.44. The van der Waals surface area contributed by atoms with Gasteiger partial charge in [0.1, 0.15) is 0 Å². The maximum Gasteiger partial charge on any atom is 0.340 e. The Labute approximate surface area is 182 Å². The number of morpholine rings is 1. The summed E-state index contributed by atoms with van der Waals surface area (Å²) in [6.07, 6.45) is 0.388. The Kier molecular flexibility index (Phi) is 11.0. The van der Waals surface area contributed by atoms with Gasteiger partial charge in [0.05, 0.1) is 31.6 Å². The summed E-state index contributed by atoms with van der Waals surface area (Å²) >= 11 is 1.85. The molecule has 158 valence electrons. The molecule has 0 spiro atoms. The second-order valence-corrected chi connectivity index (χ2v) is 7.45. The number of thioether (sulfide) groups is 1. The van der Waals surface area contributed by atoms with Gasteiger partial charge in [-0.2, -0.15) is 11.8 Å². The Morgan fingerprint density at radius 1 is 1.32 bits per heavy atom. The van der Waals surface area contributed by atoms with Crippen molar-refractivity contribution < 1.29 is 19.1 Å². The molecule has 1 atom stereocenters. The number of hydrogen-bond donors (Lipinski definition) is 2. The molecular weight excluding hydrogens is 425 g/mol. The first-order valence-electron chi connectivity index (χ1n) is 8.83. The molecule has 0 aromatic heterocycles. The minimum atomic E-state index is -0.457. The lowest BCUT2D eigenvalue weighted by Crippen LogP contribution is -2.40. The second kappa shape index (κ2) is 12.4. The summed E-state index contributed by atoms with van der Waals surface area (Å²) in [7, 11) is 1.35. The Morgan fingerprint density at radius 2 is 2.07 bits per heavy atom. The van der Waals surface area contributed by atoms with E-state index in [0.717, 1.165) is 36.8 Å². The summed E-state index contributed by atoms with van der Waals surface area (Å²) < 4.78 is 10.3. The molecule has 10 heteroatoms. The van der Waals surface area contributed by atoms with Gasteiger partial charge < -0.3 is 25.0 Å². The van der Waals surface area contributed by atoms with Gasteiger partial charge in [-0.1, -0.05) is 0 Å². The summed E-state index contributed by atoms with van der Waals surface area (Å²) in [4.78, 5) is 26.8. The topological polar surface area (TPSA) is 79.9 Å². The van der Waals surface area contributed by atoms with E-state index < -0.39 is 5.97 Å². The van der Waals surface area contributed by atoms with Crippen molar-refractivity contribution in [3.8, 4) is 0 Å². The molecule has 7 nitrogen and oxygen atoms in total. The van der Waals surface area contributed by atoms with Crippen LogP contribution in [0.3, 0.4) is 0 Å². The van der Waals surface area contributed by atoms with Crippen LogP contribution >= 0.6 is 36.6 Å². The van der Waals surface area contributed by atoms with Crippen LogP contribution in [-0.2, 0) is 14.3 Å². The number of halogens is 2. The number of ether oxygens (including phenoxy) is 2. The SMILES string of the molecule is COC(=O)c1cc(N2CCOCC2)ccc1NC(=O)CC1CSCCN1.Cl.Cl. The molecule has 1 amide bonds. The first-order chi connectivity index (χ1) is 12.7. The molecule has 0 saturated carbocycles. The average molecular weight is 452 g/mol. The third-order valence-corrected chi connectivity index (χ3v) is 5.62. The van der Waals surface area contributed by atoms with E-state index in [0.29, 0.717) is 30.9 Å². The van der Waals surface area contributed by atoms with Crippen molar-refractivity contribution in [1.82, 2.24) is 5.32 Å². The van der Waals surface area contributed by atoms with Crippen LogP contribution in [-0.4, -0.2) is 69.4 Å². The van der Waals surface area contributed by atoms with Crippen LogP contribution in [0.2, 0.25) is 0 Å². The number of esters is 1. The molecule has 28 heavy (non-hydrogen) atoms. The van der Waals surface area contributed by atoms with Gasteiger partial charge in [-0.3, -0.25) is 4.79 Å². The quantitative estimate of drug-likeness (QED) is 0.663. The Morgan fingerprint density at radius 3 is 2.71 bits per heavy atom. The monoisotopic (exact) mass is 451 g/mol. The molecule has 2 aliphatic heterocycles. The molecule has 0 aliphatic carbocycles. The normalized spacial score (nSPS) is 19.0. The van der Waals surface area contributed by atoms with Crippen LogP contribution in [0.15, 0.2) is 18.2 Å². The number of amides is 1. The number of nitrogens with zero attached hydrogens (tertiary/aromatic N) is 1. The molecule has 1 aromatic carbocycles. The number of anilines is 2. The zero-order valence-electron chi connectivity index (χ0n) is 15.8. The minimum absolute atomic E-state index is 0. The molecule has 2 N–H and O–H groups in total. The zero-order valence-corrected chi connectivity index (χ0v) is 18.2. The number of carbonyl (C=O) groups excluding carboxylic acids is 2. The van der Waals surface area contributed by atoms with Gasteiger partial charge in [-0.25, -0.2) is 4.79 Å². The van der Waals surface area contributed by atoms with Gasteiger partial charge in [-0.15, -0.1) is 24.8 Å². The van der Waals surface area contributed by atoms with Crippen LogP contribution < -0.4 is 15.5 Å². The summed E-state index contributed by atoms with van der Waals surface area (Å²) in [6, 6.07) is 5.64. The van der Waals surface area contributed by atoms with E-state index in [1.54, 1.807) is 12.1 Å². The van der Waals surface area contributed by atoms with Crippen molar-refractivity contribution >= 4 is 59.8 Å². The highest BCUT2D eigenvalue weighted by atomic mass is 35.5. The van der Waals surface area contributed by atoms with Crippen molar-refractivity contribution in [3.05, 3.63) is 23.8 Å². The van der Waals surface area contributed by atoms with Gasteiger partial charge in [0, 0.05) is 49.3 Å². The van der Waals surface area contributed by atoms with Crippen LogP contribution in [0, 0.1) is 0 Å². The maximum absolute atomic E-state index is 12.4. The van der Waals surface area contributed by atoms with E-state index in [-0.39, 0.29) is 36.8 Å². The maximum atomic E-state index is 12.4. The van der Waals surface area contributed by atoms with Crippen molar-refractivity contribution in [3.63, 3.8) is 0 Å². The van der Waals surface area contributed by atoms with E-state index in [1.165, 1.54) is 7.11 Å². The van der Waals surface area contributed by atoms with Gasteiger partial charge >= 0.3 is 5.97 Å². The molecule has 2 aliphatic rings. The number of benzene rings is 1. The average Bonchev–Trinajstić information content (AvgIpc) is 2.69. The Bertz CT molecular complexity index is 654. The largest absolute Gasteiger partial charge is 0.465 e. The Hall–Kier alpha value is -1.19. The second-order valence-electron chi connectivity index (χ2n) is 6.30. The van der Waals surface area contributed by atoms with Crippen molar-refractivity contribution in [2.75, 3.05) is 61.7 Å². The van der Waals surface area contributed by atoms with E-state index in [2.05, 4.69) is 15.5 Å². The predicted molar refractivity (Wildman–Crippen MR) is 118 cm³/mol. The van der Waals surface area contributed by atoms with E-state index in [4.69, 9.17) is 9.47 Å². The van der Waals surface area contributed by atoms with Gasteiger partial charge in [0.25, 0.3) is 0 Å². The minimum Gasteiger partial charge on any atom is -0.465 e. The molecule has 1 aromatic rings. The standard InChI is InChI=1S/C18H25N3O4S.2ClH/c1-24-18(23)15-11-14(21-5-7-25-8-6-21)2-3-16(15)20-17(22)10-13-12-26-9-4-19-13;;/h2-3,11,13,19H,4-10,12H2,1H3,(H,20,22);2*1H. The molecule has 0 bridgehead atoms. The fourth-order valence-corrected chi connectivity index (χ4v) is 4.06. The third kappa shape index (κ3) is 6.70. The van der Waals surface area contributed by atoms with Crippen molar-refractivity contribution in [2.24, 2.45) is 0 Å². The number of nitrogens with one attached hydrogen (secondary N) is 2. The number of carbonyl (C=O) groups is 2. The van der Waals surface area contributed by atoms with Crippen LogP contribution in [0.4, 0.5) is 11.4 Å². The third-order valence-electron chi connectivity index (χ3n) is 4.49. The Balaban J connectivity index is 0.00000196. The van der Waals surface area contributed by atoms with E-state index >= 15 is 0 Å². The smallest absolute Gasteiger partial charge is 0.340 e. The lowest BCUT2D eigenvalue weighted by atomic mass is 10.1. The number of methoxy groups -OCH3 is 1.